The molecule has 50 valence electrons. The Kier molecular flexibility index (Phi) is 1.21. The lowest BCUT2D eigenvalue weighted by Crippen LogP contribution is -2.09. The zero-order valence-electron chi connectivity index (χ0n) is 5.16. The normalized spacial score (nSPS) is 27.9. The average molecular weight is 153 g/mol. The highest BCUT2D eigenvalue weighted by molar-refractivity contribution is 6.69. The van der Waals surface area contributed by atoms with Crippen molar-refractivity contribution in [1.82, 2.24) is 0 Å². The number of allylic oxidation sites excluding steroid dienone is 1. The van der Waals surface area contributed by atoms with E-state index in [-0.39, 0.29) is 5.92 Å². The second kappa shape index (κ2) is 2.06. The molecule has 0 N–H and O–H groups in total. The highest BCUT2D eigenvalue weighted by Crippen LogP contribution is 2.17. The Bertz CT molecular complexity index is 273. The second-order valence-electron chi connectivity index (χ2n) is 2.15. The van der Waals surface area contributed by atoms with Crippen LogP contribution in [0.4, 0.5) is 0 Å². The molecule has 0 spiro atoms. The van der Waals surface area contributed by atoms with E-state index in [0.717, 1.165) is 5.84 Å². The molecule has 1 atom stereocenters. The summed E-state index contributed by atoms with van der Waals surface area (Å²) in [6.45, 7) is 0. The van der Waals surface area contributed by atoms with Crippen LogP contribution >= 0.6 is 11.6 Å². The Labute approximate surface area is 63.6 Å². The third-order valence-electron chi connectivity index (χ3n) is 1.46. The van der Waals surface area contributed by atoms with Crippen LogP contribution in [0, 0.1) is 5.92 Å². The van der Waals surface area contributed by atoms with E-state index in [1.807, 2.05) is 12.2 Å². The predicted molar refractivity (Wildman–Crippen MR) is 42.5 cm³/mol. The molecule has 2 rings (SSSR count). The fourth-order valence-corrected chi connectivity index (χ4v) is 1.13. The number of amidine groups is 1. The van der Waals surface area contributed by atoms with E-state index in [1.54, 1.807) is 12.3 Å². The van der Waals surface area contributed by atoms with Crippen molar-refractivity contribution in [3.63, 3.8) is 0 Å². The van der Waals surface area contributed by atoms with Crippen LogP contribution in [-0.4, -0.2) is 11.0 Å². The van der Waals surface area contributed by atoms with Gasteiger partial charge in [0.2, 0.25) is 0 Å². The molecule has 2 nitrogen and oxygen atoms in total. The van der Waals surface area contributed by atoms with Crippen molar-refractivity contribution in [1.29, 1.82) is 0 Å². The molecule has 0 aromatic heterocycles. The van der Waals surface area contributed by atoms with Crippen molar-refractivity contribution in [2.45, 2.75) is 0 Å². The maximum Gasteiger partial charge on any atom is 0.140 e. The SMILES string of the molecule is ClC1=NC2=NC=C[C@H]2C=C1. The number of rotatable bonds is 0. The third-order valence-corrected chi connectivity index (χ3v) is 1.67. The van der Waals surface area contributed by atoms with Gasteiger partial charge in [0.1, 0.15) is 11.0 Å². The number of nitrogens with zero attached hydrogens (tertiary/aromatic N) is 2. The molecule has 0 aromatic rings. The molecule has 10 heavy (non-hydrogen) atoms. The summed E-state index contributed by atoms with van der Waals surface area (Å²) in [6, 6.07) is 0. The van der Waals surface area contributed by atoms with Crippen LogP contribution in [-0.2, 0) is 0 Å². The minimum absolute atomic E-state index is 0.266. The minimum atomic E-state index is 0.266. The van der Waals surface area contributed by atoms with Crippen LogP contribution in [0.1, 0.15) is 0 Å². The number of dihydropyridines is 1. The van der Waals surface area contributed by atoms with Crippen molar-refractivity contribution in [2.24, 2.45) is 15.9 Å². The zero-order valence-corrected chi connectivity index (χ0v) is 5.92. The van der Waals surface area contributed by atoms with E-state index >= 15 is 0 Å². The second-order valence-corrected chi connectivity index (χ2v) is 2.54. The van der Waals surface area contributed by atoms with E-state index in [4.69, 9.17) is 11.6 Å². The number of halogens is 1. The summed E-state index contributed by atoms with van der Waals surface area (Å²) in [6.07, 6.45) is 7.51. The third kappa shape index (κ3) is 0.809. The number of fused-ring (bicyclic) bond motifs is 1. The molecule has 2 heterocycles. The van der Waals surface area contributed by atoms with Gasteiger partial charge in [-0.15, -0.1) is 0 Å². The molecule has 0 aromatic carbocycles. The van der Waals surface area contributed by atoms with Crippen LogP contribution in [0.15, 0.2) is 34.4 Å². The summed E-state index contributed by atoms with van der Waals surface area (Å²) < 4.78 is 0. The maximum absolute atomic E-state index is 5.64. The first-order valence-corrected chi connectivity index (χ1v) is 3.41. The molecular formula is C7H5ClN2. The van der Waals surface area contributed by atoms with Crippen molar-refractivity contribution in [3.05, 3.63) is 24.4 Å². The zero-order chi connectivity index (χ0) is 6.97. The summed E-state index contributed by atoms with van der Waals surface area (Å²) in [5.74, 6) is 1.06. The van der Waals surface area contributed by atoms with Gasteiger partial charge in [0.15, 0.2) is 0 Å². The molecule has 0 saturated carbocycles. The lowest BCUT2D eigenvalue weighted by molar-refractivity contribution is 1.14. The Morgan fingerprint density at radius 3 is 3.20 bits per heavy atom. The van der Waals surface area contributed by atoms with E-state index in [9.17, 15) is 0 Å². The summed E-state index contributed by atoms with van der Waals surface area (Å²) in [5.41, 5.74) is 0. The fraction of sp³-hybridized carbons (Fsp3) is 0.143. The summed E-state index contributed by atoms with van der Waals surface area (Å²) in [5, 5.41) is 0.513. The first kappa shape index (κ1) is 5.86. The van der Waals surface area contributed by atoms with Gasteiger partial charge in [-0.3, -0.25) is 0 Å². The van der Waals surface area contributed by atoms with E-state index in [1.165, 1.54) is 0 Å². The Hall–Kier alpha value is -0.890. The highest BCUT2D eigenvalue weighted by atomic mass is 35.5. The Morgan fingerprint density at radius 1 is 1.40 bits per heavy atom. The quantitative estimate of drug-likeness (QED) is 0.505. The Morgan fingerprint density at radius 2 is 2.30 bits per heavy atom. The lowest BCUT2D eigenvalue weighted by Gasteiger charge is -2.05. The molecule has 0 saturated heterocycles. The topological polar surface area (TPSA) is 24.7 Å². The van der Waals surface area contributed by atoms with Crippen LogP contribution in [0.2, 0.25) is 0 Å². The van der Waals surface area contributed by atoms with Gasteiger partial charge in [-0.25, -0.2) is 9.98 Å². The first-order chi connectivity index (χ1) is 4.86. The monoisotopic (exact) mass is 152 g/mol. The fourth-order valence-electron chi connectivity index (χ4n) is 0.968. The molecule has 0 amide bonds. The van der Waals surface area contributed by atoms with Gasteiger partial charge in [0.05, 0.1) is 5.92 Å². The van der Waals surface area contributed by atoms with Crippen molar-refractivity contribution in [2.75, 3.05) is 0 Å². The average Bonchev–Trinajstić information content (AvgIpc) is 2.33. The number of aliphatic imine (C=N–C) groups is 2. The van der Waals surface area contributed by atoms with E-state index < -0.39 is 0 Å². The van der Waals surface area contributed by atoms with Gasteiger partial charge < -0.3 is 0 Å². The van der Waals surface area contributed by atoms with Gasteiger partial charge >= 0.3 is 0 Å². The van der Waals surface area contributed by atoms with Crippen LogP contribution in [0.25, 0.3) is 0 Å². The molecule has 0 radical (unpaired) electrons. The van der Waals surface area contributed by atoms with Crippen LogP contribution in [0.3, 0.4) is 0 Å². The summed E-state index contributed by atoms with van der Waals surface area (Å²) in [7, 11) is 0. The molecular weight excluding hydrogens is 148 g/mol. The first-order valence-electron chi connectivity index (χ1n) is 3.03. The van der Waals surface area contributed by atoms with Crippen LogP contribution in [0.5, 0.6) is 0 Å². The largest absolute Gasteiger partial charge is 0.241 e. The van der Waals surface area contributed by atoms with E-state index in [0.29, 0.717) is 5.17 Å². The van der Waals surface area contributed by atoms with Gasteiger partial charge in [-0.05, 0) is 6.08 Å². The highest BCUT2D eigenvalue weighted by Gasteiger charge is 2.16. The lowest BCUT2D eigenvalue weighted by atomic mass is 10.1. The number of hydrogen-bond acceptors (Lipinski definition) is 2. The van der Waals surface area contributed by atoms with Gasteiger partial charge in [-0.2, -0.15) is 0 Å². The van der Waals surface area contributed by atoms with Crippen molar-refractivity contribution >= 4 is 22.6 Å². The minimum Gasteiger partial charge on any atom is -0.241 e. The molecule has 0 bridgehead atoms. The van der Waals surface area contributed by atoms with Gasteiger partial charge in [-0.1, -0.05) is 23.8 Å². The van der Waals surface area contributed by atoms with Crippen LogP contribution < -0.4 is 0 Å². The predicted octanol–water partition coefficient (Wildman–Crippen LogP) is 1.74. The molecule has 3 heteroatoms. The molecule has 0 fully saturated rings. The van der Waals surface area contributed by atoms with Crippen molar-refractivity contribution in [3.8, 4) is 0 Å². The smallest absolute Gasteiger partial charge is 0.140 e. The van der Waals surface area contributed by atoms with Gasteiger partial charge in [0, 0.05) is 6.20 Å². The van der Waals surface area contributed by atoms with Crippen molar-refractivity contribution < 1.29 is 0 Å². The standard InChI is InChI=1S/C7H5ClN2/c8-6-2-1-5-3-4-9-7(5)10-6/h1-5H/t5-/m1/s1. The maximum atomic E-state index is 5.64. The molecule has 2 aliphatic rings. The Balaban J connectivity index is 2.39. The molecule has 0 aliphatic carbocycles. The summed E-state index contributed by atoms with van der Waals surface area (Å²) in [4.78, 5) is 8.05. The summed E-state index contributed by atoms with van der Waals surface area (Å²) >= 11 is 5.64. The molecule has 0 unspecified atom stereocenters. The number of hydrogen-bond donors (Lipinski definition) is 0. The van der Waals surface area contributed by atoms with Gasteiger partial charge in [0.25, 0.3) is 0 Å². The molecule has 2 aliphatic heterocycles. The van der Waals surface area contributed by atoms with E-state index in [2.05, 4.69) is 9.98 Å².